The van der Waals surface area contributed by atoms with Gasteiger partial charge in [0.1, 0.15) is 23.1 Å². The lowest BCUT2D eigenvalue weighted by atomic mass is 10.3. The van der Waals surface area contributed by atoms with Crippen LogP contribution in [0.5, 0.6) is 0 Å². The monoisotopic (exact) mass is 337 g/mol. The molecule has 0 saturated heterocycles. The Morgan fingerprint density at radius 2 is 1.80 bits per heavy atom. The zero-order valence-corrected chi connectivity index (χ0v) is 13.2. The summed E-state index contributed by atoms with van der Waals surface area (Å²) >= 11 is 0. The second kappa shape index (κ2) is 5.94. The summed E-state index contributed by atoms with van der Waals surface area (Å²) < 4.78 is 28.6. The van der Waals surface area contributed by atoms with Crippen LogP contribution in [0.1, 0.15) is 5.82 Å². The Labute approximate surface area is 142 Å². The maximum absolute atomic E-state index is 14.1. The first-order chi connectivity index (χ1) is 12.1. The van der Waals surface area contributed by atoms with E-state index in [0.29, 0.717) is 22.7 Å². The molecule has 4 aromatic rings. The molecule has 0 amide bonds. The van der Waals surface area contributed by atoms with E-state index in [4.69, 9.17) is 0 Å². The second-order valence-corrected chi connectivity index (χ2v) is 5.50. The van der Waals surface area contributed by atoms with Crippen molar-refractivity contribution in [1.29, 1.82) is 0 Å². The van der Waals surface area contributed by atoms with Crippen molar-refractivity contribution in [3.8, 4) is 5.69 Å². The summed E-state index contributed by atoms with van der Waals surface area (Å²) in [5.41, 5.74) is 1.43. The van der Waals surface area contributed by atoms with Gasteiger partial charge in [0.15, 0.2) is 11.5 Å². The van der Waals surface area contributed by atoms with Crippen molar-refractivity contribution in [2.75, 3.05) is 5.32 Å². The van der Waals surface area contributed by atoms with Gasteiger partial charge in [-0.1, -0.05) is 18.2 Å². The van der Waals surface area contributed by atoms with E-state index in [9.17, 15) is 8.78 Å². The molecule has 2 heterocycles. The first kappa shape index (κ1) is 15.2. The SMILES string of the molecule is Cc1nc(Nc2ccccc2)c2cnn(-c3ccc(F)cc3F)c2n1. The third-order valence-electron chi connectivity index (χ3n) is 3.71. The van der Waals surface area contributed by atoms with Gasteiger partial charge in [-0.3, -0.25) is 0 Å². The zero-order valence-electron chi connectivity index (χ0n) is 13.2. The van der Waals surface area contributed by atoms with E-state index in [1.807, 2.05) is 30.3 Å². The summed E-state index contributed by atoms with van der Waals surface area (Å²) in [5, 5.41) is 8.07. The number of rotatable bonds is 3. The Balaban J connectivity index is 1.86. The van der Waals surface area contributed by atoms with Crippen molar-refractivity contribution in [1.82, 2.24) is 19.7 Å². The van der Waals surface area contributed by atoms with Gasteiger partial charge in [-0.05, 0) is 31.2 Å². The molecule has 0 unspecified atom stereocenters. The Hall–Kier alpha value is -3.35. The van der Waals surface area contributed by atoms with E-state index in [1.165, 1.54) is 16.8 Å². The highest BCUT2D eigenvalue weighted by molar-refractivity contribution is 5.89. The van der Waals surface area contributed by atoms with Gasteiger partial charge in [-0.25, -0.2) is 23.4 Å². The summed E-state index contributed by atoms with van der Waals surface area (Å²) in [6.07, 6.45) is 1.56. The number of nitrogens with zero attached hydrogens (tertiary/aromatic N) is 4. The number of benzene rings is 2. The molecule has 4 rings (SSSR count). The van der Waals surface area contributed by atoms with Gasteiger partial charge in [0.2, 0.25) is 0 Å². The number of hydrogen-bond acceptors (Lipinski definition) is 4. The molecule has 0 aliphatic heterocycles. The largest absolute Gasteiger partial charge is 0.340 e. The number of hydrogen-bond donors (Lipinski definition) is 1. The van der Waals surface area contributed by atoms with E-state index in [0.717, 1.165) is 11.8 Å². The average molecular weight is 337 g/mol. The molecular weight excluding hydrogens is 324 g/mol. The van der Waals surface area contributed by atoms with Crippen molar-refractivity contribution >= 4 is 22.5 Å². The van der Waals surface area contributed by atoms with Crippen LogP contribution < -0.4 is 5.32 Å². The van der Waals surface area contributed by atoms with Crippen LogP contribution in [0.25, 0.3) is 16.7 Å². The lowest BCUT2D eigenvalue weighted by molar-refractivity contribution is 0.574. The summed E-state index contributed by atoms with van der Waals surface area (Å²) in [6, 6.07) is 12.9. The Morgan fingerprint density at radius 1 is 1.00 bits per heavy atom. The highest BCUT2D eigenvalue weighted by atomic mass is 19.1. The van der Waals surface area contributed by atoms with Gasteiger partial charge in [0.05, 0.1) is 11.6 Å². The predicted molar refractivity (Wildman–Crippen MR) is 91.0 cm³/mol. The van der Waals surface area contributed by atoms with Crippen molar-refractivity contribution < 1.29 is 8.78 Å². The van der Waals surface area contributed by atoms with Crippen LogP contribution in [0.3, 0.4) is 0 Å². The van der Waals surface area contributed by atoms with E-state index in [-0.39, 0.29) is 5.69 Å². The normalized spacial score (nSPS) is 11.0. The first-order valence-corrected chi connectivity index (χ1v) is 7.62. The topological polar surface area (TPSA) is 55.6 Å². The van der Waals surface area contributed by atoms with Crippen LogP contribution in [0.15, 0.2) is 54.7 Å². The molecule has 0 spiro atoms. The van der Waals surface area contributed by atoms with Gasteiger partial charge in [0, 0.05) is 11.8 Å². The minimum absolute atomic E-state index is 0.125. The molecule has 5 nitrogen and oxygen atoms in total. The maximum Gasteiger partial charge on any atom is 0.168 e. The molecule has 0 fully saturated rings. The highest BCUT2D eigenvalue weighted by Gasteiger charge is 2.15. The molecule has 1 N–H and O–H groups in total. The van der Waals surface area contributed by atoms with Crippen molar-refractivity contribution in [2.24, 2.45) is 0 Å². The molecule has 0 aliphatic rings. The lowest BCUT2D eigenvalue weighted by Crippen LogP contribution is -2.04. The summed E-state index contributed by atoms with van der Waals surface area (Å²) in [4.78, 5) is 8.78. The number of fused-ring (bicyclic) bond motifs is 1. The Kier molecular flexibility index (Phi) is 3.61. The summed E-state index contributed by atoms with van der Waals surface area (Å²) in [5.74, 6) is -0.272. The standard InChI is InChI=1S/C18H13F2N5/c1-11-22-17(24-13-5-3-2-4-6-13)14-10-21-25(18(14)23-11)16-8-7-12(19)9-15(16)20/h2-10H,1H3,(H,22,23,24). The number of nitrogens with one attached hydrogen (secondary N) is 1. The third-order valence-corrected chi connectivity index (χ3v) is 3.71. The average Bonchev–Trinajstić information content (AvgIpc) is 2.99. The molecule has 0 aliphatic carbocycles. The van der Waals surface area contributed by atoms with Crippen LogP contribution in [-0.4, -0.2) is 19.7 Å². The molecule has 0 saturated carbocycles. The van der Waals surface area contributed by atoms with Gasteiger partial charge >= 0.3 is 0 Å². The fraction of sp³-hybridized carbons (Fsp3) is 0.0556. The van der Waals surface area contributed by atoms with Crippen molar-refractivity contribution in [3.63, 3.8) is 0 Å². The first-order valence-electron chi connectivity index (χ1n) is 7.62. The lowest BCUT2D eigenvalue weighted by Gasteiger charge is -2.09. The van der Waals surface area contributed by atoms with Gasteiger partial charge in [-0.15, -0.1) is 0 Å². The smallest absolute Gasteiger partial charge is 0.168 e. The molecule has 25 heavy (non-hydrogen) atoms. The minimum atomic E-state index is -0.709. The number of halogens is 2. The van der Waals surface area contributed by atoms with Crippen molar-refractivity contribution in [3.05, 3.63) is 72.2 Å². The zero-order chi connectivity index (χ0) is 17.4. The van der Waals surface area contributed by atoms with E-state index >= 15 is 0 Å². The van der Waals surface area contributed by atoms with Crippen LogP contribution in [0.4, 0.5) is 20.3 Å². The van der Waals surface area contributed by atoms with Crippen LogP contribution in [0, 0.1) is 18.6 Å². The maximum atomic E-state index is 14.1. The third kappa shape index (κ3) is 2.80. The minimum Gasteiger partial charge on any atom is -0.340 e. The van der Waals surface area contributed by atoms with Crippen molar-refractivity contribution in [2.45, 2.75) is 6.92 Å². The van der Waals surface area contributed by atoms with Gasteiger partial charge < -0.3 is 5.32 Å². The highest BCUT2D eigenvalue weighted by Crippen LogP contribution is 2.26. The quantitative estimate of drug-likeness (QED) is 0.610. The molecular formula is C18H13F2N5. The van der Waals surface area contributed by atoms with Crippen LogP contribution in [0.2, 0.25) is 0 Å². The number of para-hydroxylation sites is 1. The van der Waals surface area contributed by atoms with Crippen LogP contribution >= 0.6 is 0 Å². The number of aryl methyl sites for hydroxylation is 1. The molecule has 2 aromatic carbocycles. The number of anilines is 2. The summed E-state index contributed by atoms with van der Waals surface area (Å²) in [6.45, 7) is 1.74. The molecule has 0 radical (unpaired) electrons. The molecule has 0 bridgehead atoms. The fourth-order valence-electron chi connectivity index (χ4n) is 2.60. The number of aromatic nitrogens is 4. The fourth-order valence-corrected chi connectivity index (χ4v) is 2.60. The Bertz CT molecular complexity index is 1060. The second-order valence-electron chi connectivity index (χ2n) is 5.50. The summed E-state index contributed by atoms with van der Waals surface area (Å²) in [7, 11) is 0. The van der Waals surface area contributed by atoms with E-state index in [2.05, 4.69) is 20.4 Å². The molecule has 7 heteroatoms. The van der Waals surface area contributed by atoms with Gasteiger partial charge in [0.25, 0.3) is 0 Å². The Morgan fingerprint density at radius 3 is 2.56 bits per heavy atom. The van der Waals surface area contributed by atoms with E-state index < -0.39 is 11.6 Å². The van der Waals surface area contributed by atoms with Gasteiger partial charge in [-0.2, -0.15) is 5.10 Å². The van der Waals surface area contributed by atoms with Crippen LogP contribution in [-0.2, 0) is 0 Å². The predicted octanol–water partition coefficient (Wildman–Crippen LogP) is 4.15. The molecule has 0 atom stereocenters. The molecule has 2 aromatic heterocycles. The van der Waals surface area contributed by atoms with E-state index in [1.54, 1.807) is 13.1 Å². The molecule has 124 valence electrons.